The van der Waals surface area contributed by atoms with Gasteiger partial charge in [0.05, 0.1) is 11.3 Å². The van der Waals surface area contributed by atoms with E-state index in [1.165, 1.54) is 11.0 Å². The molecule has 0 unspecified atom stereocenters. The van der Waals surface area contributed by atoms with E-state index in [0.29, 0.717) is 30.9 Å². The van der Waals surface area contributed by atoms with Crippen molar-refractivity contribution in [2.24, 2.45) is 0 Å². The molecule has 1 aromatic heterocycles. The van der Waals surface area contributed by atoms with Crippen LogP contribution in [0.2, 0.25) is 0 Å². The van der Waals surface area contributed by atoms with Gasteiger partial charge >= 0.3 is 0 Å². The van der Waals surface area contributed by atoms with Gasteiger partial charge in [-0.3, -0.25) is 9.59 Å². The first-order valence-corrected chi connectivity index (χ1v) is 11.6. The molecule has 1 aliphatic heterocycles. The average molecular weight is 467 g/mol. The number of carbonyl (C=O) groups excluding carboxylic acids is 2. The minimum absolute atomic E-state index is 0.0305. The van der Waals surface area contributed by atoms with Crippen LogP contribution in [0.1, 0.15) is 48.9 Å². The van der Waals surface area contributed by atoms with Crippen molar-refractivity contribution in [3.63, 3.8) is 0 Å². The Morgan fingerprint density at radius 2 is 1.80 bits per heavy atom. The summed E-state index contributed by atoms with van der Waals surface area (Å²) in [5.41, 5.74) is 5.99. The number of amides is 2. The Bertz CT molecular complexity index is 1370. The molecule has 0 radical (unpaired) electrons. The fourth-order valence-electron chi connectivity index (χ4n) is 4.60. The minimum atomic E-state index is -0.212. The SMILES string of the molecule is Cc1ccc(C(=O)NC[C@@H](CN2Cc3ccccc3C2=O)c2ccccc2)c(-n2cnnn2)c1C. The second kappa shape index (κ2) is 9.50. The number of nitrogens with zero attached hydrogens (tertiary/aromatic N) is 5. The molecular weight excluding hydrogens is 440 g/mol. The Labute approximate surface area is 203 Å². The van der Waals surface area contributed by atoms with Crippen LogP contribution < -0.4 is 5.32 Å². The fourth-order valence-corrected chi connectivity index (χ4v) is 4.60. The molecule has 0 bridgehead atoms. The van der Waals surface area contributed by atoms with Crippen molar-refractivity contribution in [2.75, 3.05) is 13.1 Å². The number of aryl methyl sites for hydroxylation is 1. The predicted molar refractivity (Wildman–Crippen MR) is 131 cm³/mol. The third kappa shape index (κ3) is 4.42. The number of rotatable bonds is 7. The normalized spacial score (nSPS) is 13.5. The molecule has 0 saturated carbocycles. The number of hydrogen-bond acceptors (Lipinski definition) is 5. The standard InChI is InChI=1S/C27H26N6O2/c1-18-12-13-24(25(19(18)2)33-17-29-30-31-33)26(34)28-14-22(20-8-4-3-5-9-20)16-32-15-21-10-6-7-11-23(21)27(32)35/h3-13,17,22H,14-16H2,1-2H3,(H,28,34)/t22-/m0/s1. The highest BCUT2D eigenvalue weighted by molar-refractivity contribution is 5.99. The maximum atomic E-state index is 13.4. The molecule has 3 aromatic carbocycles. The number of nitrogens with one attached hydrogen (secondary N) is 1. The van der Waals surface area contributed by atoms with Crippen LogP contribution in [0.25, 0.3) is 5.69 Å². The molecule has 0 fully saturated rings. The number of benzene rings is 3. The molecule has 0 saturated heterocycles. The van der Waals surface area contributed by atoms with Crippen molar-refractivity contribution < 1.29 is 9.59 Å². The second-order valence-electron chi connectivity index (χ2n) is 8.82. The Morgan fingerprint density at radius 1 is 1.03 bits per heavy atom. The minimum Gasteiger partial charge on any atom is -0.351 e. The zero-order valence-corrected chi connectivity index (χ0v) is 19.7. The summed E-state index contributed by atoms with van der Waals surface area (Å²) in [6.45, 7) is 5.40. The van der Waals surface area contributed by atoms with Crippen molar-refractivity contribution in [3.05, 3.63) is 106 Å². The van der Waals surface area contributed by atoms with Crippen molar-refractivity contribution in [3.8, 4) is 5.69 Å². The molecule has 0 aliphatic carbocycles. The van der Waals surface area contributed by atoms with Crippen LogP contribution in [0.4, 0.5) is 0 Å². The smallest absolute Gasteiger partial charge is 0.254 e. The molecule has 1 aliphatic rings. The maximum absolute atomic E-state index is 13.4. The molecule has 4 aromatic rings. The lowest BCUT2D eigenvalue weighted by Gasteiger charge is -2.25. The van der Waals surface area contributed by atoms with Gasteiger partial charge in [-0.25, -0.2) is 0 Å². The van der Waals surface area contributed by atoms with Gasteiger partial charge in [0, 0.05) is 31.1 Å². The third-order valence-electron chi connectivity index (χ3n) is 6.64. The highest BCUT2D eigenvalue weighted by Crippen LogP contribution is 2.26. The zero-order valence-electron chi connectivity index (χ0n) is 19.7. The predicted octanol–water partition coefficient (Wildman–Crippen LogP) is 3.45. The van der Waals surface area contributed by atoms with E-state index >= 15 is 0 Å². The van der Waals surface area contributed by atoms with Crippen LogP contribution >= 0.6 is 0 Å². The highest BCUT2D eigenvalue weighted by Gasteiger charge is 2.29. The third-order valence-corrected chi connectivity index (χ3v) is 6.64. The van der Waals surface area contributed by atoms with Gasteiger partial charge in [0.2, 0.25) is 0 Å². The van der Waals surface area contributed by atoms with E-state index in [4.69, 9.17) is 0 Å². The van der Waals surface area contributed by atoms with Gasteiger partial charge in [-0.05, 0) is 58.7 Å². The topological polar surface area (TPSA) is 93.0 Å². The molecule has 8 nitrogen and oxygen atoms in total. The van der Waals surface area contributed by atoms with Crippen LogP contribution in [0.5, 0.6) is 0 Å². The summed E-state index contributed by atoms with van der Waals surface area (Å²) >= 11 is 0. The summed E-state index contributed by atoms with van der Waals surface area (Å²) in [5.74, 6) is -0.250. The molecule has 5 rings (SSSR count). The Balaban J connectivity index is 1.38. The summed E-state index contributed by atoms with van der Waals surface area (Å²) in [7, 11) is 0. The van der Waals surface area contributed by atoms with Gasteiger partial charge in [-0.15, -0.1) is 5.10 Å². The van der Waals surface area contributed by atoms with Gasteiger partial charge in [0.25, 0.3) is 11.8 Å². The summed E-state index contributed by atoms with van der Waals surface area (Å²) in [6.07, 6.45) is 1.49. The van der Waals surface area contributed by atoms with E-state index in [-0.39, 0.29) is 17.7 Å². The summed E-state index contributed by atoms with van der Waals surface area (Å²) in [5, 5.41) is 14.6. The van der Waals surface area contributed by atoms with Crippen molar-refractivity contribution in [1.82, 2.24) is 30.4 Å². The molecule has 35 heavy (non-hydrogen) atoms. The van der Waals surface area contributed by atoms with Crippen molar-refractivity contribution >= 4 is 11.8 Å². The van der Waals surface area contributed by atoms with E-state index in [1.54, 1.807) is 6.07 Å². The first kappa shape index (κ1) is 22.5. The monoisotopic (exact) mass is 466 g/mol. The second-order valence-corrected chi connectivity index (χ2v) is 8.82. The molecule has 1 atom stereocenters. The summed E-state index contributed by atoms with van der Waals surface area (Å²) in [6, 6.07) is 21.4. The van der Waals surface area contributed by atoms with E-state index in [0.717, 1.165) is 27.8 Å². The Hall–Kier alpha value is -4.33. The number of tetrazole rings is 1. The van der Waals surface area contributed by atoms with Crippen LogP contribution in [0, 0.1) is 13.8 Å². The lowest BCUT2D eigenvalue weighted by Crippen LogP contribution is -2.36. The molecular formula is C27H26N6O2. The van der Waals surface area contributed by atoms with E-state index < -0.39 is 0 Å². The first-order chi connectivity index (χ1) is 17.0. The highest BCUT2D eigenvalue weighted by atomic mass is 16.2. The quantitative estimate of drug-likeness (QED) is 0.450. The van der Waals surface area contributed by atoms with Gasteiger partial charge in [0.15, 0.2) is 0 Å². The Kier molecular flexibility index (Phi) is 6.10. The molecule has 2 amide bonds. The van der Waals surface area contributed by atoms with Crippen molar-refractivity contribution in [2.45, 2.75) is 26.3 Å². The van der Waals surface area contributed by atoms with Crippen LogP contribution in [-0.2, 0) is 6.54 Å². The first-order valence-electron chi connectivity index (χ1n) is 11.6. The molecule has 176 valence electrons. The lowest BCUT2D eigenvalue weighted by atomic mass is 9.97. The average Bonchev–Trinajstić information content (AvgIpc) is 3.52. The van der Waals surface area contributed by atoms with Crippen LogP contribution in [0.3, 0.4) is 0 Å². The maximum Gasteiger partial charge on any atom is 0.254 e. The van der Waals surface area contributed by atoms with Crippen molar-refractivity contribution in [1.29, 1.82) is 0 Å². The largest absolute Gasteiger partial charge is 0.351 e. The van der Waals surface area contributed by atoms with Crippen LogP contribution in [-0.4, -0.2) is 50.0 Å². The van der Waals surface area contributed by atoms with Gasteiger partial charge in [-0.1, -0.05) is 54.6 Å². The van der Waals surface area contributed by atoms with Gasteiger partial charge < -0.3 is 10.2 Å². The molecule has 8 heteroatoms. The lowest BCUT2D eigenvalue weighted by molar-refractivity contribution is 0.0767. The number of fused-ring (bicyclic) bond motifs is 1. The summed E-state index contributed by atoms with van der Waals surface area (Å²) < 4.78 is 1.52. The Morgan fingerprint density at radius 3 is 2.54 bits per heavy atom. The molecule has 0 spiro atoms. The number of carbonyl (C=O) groups is 2. The molecule has 1 N–H and O–H groups in total. The van der Waals surface area contributed by atoms with E-state index in [1.807, 2.05) is 79.4 Å². The van der Waals surface area contributed by atoms with E-state index in [9.17, 15) is 9.59 Å². The fraction of sp³-hybridized carbons (Fsp3) is 0.222. The molecule has 2 heterocycles. The number of hydrogen-bond donors (Lipinski definition) is 1. The number of aromatic nitrogens is 4. The summed E-state index contributed by atoms with van der Waals surface area (Å²) in [4.78, 5) is 28.2. The van der Waals surface area contributed by atoms with Crippen LogP contribution in [0.15, 0.2) is 73.1 Å². The zero-order chi connectivity index (χ0) is 24.4. The van der Waals surface area contributed by atoms with Gasteiger partial charge in [-0.2, -0.15) is 4.68 Å². The van der Waals surface area contributed by atoms with E-state index in [2.05, 4.69) is 20.8 Å². The van der Waals surface area contributed by atoms with Gasteiger partial charge in [0.1, 0.15) is 6.33 Å².